The third-order valence-electron chi connectivity index (χ3n) is 5.89. The predicted molar refractivity (Wildman–Crippen MR) is 120 cm³/mol. The second-order valence-corrected chi connectivity index (χ2v) is 7.97. The zero-order valence-corrected chi connectivity index (χ0v) is 18.4. The second-order valence-electron chi connectivity index (χ2n) is 7.97. The minimum absolute atomic E-state index is 0.00524. The van der Waals surface area contributed by atoms with Crippen LogP contribution in [0.1, 0.15) is 35.4 Å². The molecule has 1 fully saturated rings. The lowest BCUT2D eigenvalue weighted by Gasteiger charge is -2.16. The molecule has 4 aromatic rings. The summed E-state index contributed by atoms with van der Waals surface area (Å²) in [5.74, 6) is 0.103. The summed E-state index contributed by atoms with van der Waals surface area (Å²) < 4.78 is 18.6. The monoisotopic (exact) mass is 448 g/mol. The maximum Gasteiger partial charge on any atom is 0.247 e. The highest BCUT2D eigenvalue weighted by atomic mass is 16.5. The molecule has 2 unspecified atom stereocenters. The number of aryl methyl sites for hydroxylation is 1. The Morgan fingerprint density at radius 2 is 2.15 bits per heavy atom. The van der Waals surface area contributed by atoms with E-state index < -0.39 is 0 Å². The first-order chi connectivity index (χ1) is 16.0. The number of fused-ring (bicyclic) bond motifs is 1. The molecule has 0 spiro atoms. The molecule has 0 aliphatic carbocycles. The van der Waals surface area contributed by atoms with Crippen molar-refractivity contribution in [2.45, 2.75) is 38.4 Å². The second kappa shape index (κ2) is 8.72. The van der Waals surface area contributed by atoms with Crippen molar-refractivity contribution in [3.63, 3.8) is 0 Å². The quantitative estimate of drug-likeness (QED) is 0.424. The Balaban J connectivity index is 1.53. The van der Waals surface area contributed by atoms with Gasteiger partial charge in [-0.25, -0.2) is 19.9 Å². The first kappa shape index (κ1) is 21.2. The molecular formula is C23H24N6O4. The van der Waals surface area contributed by atoms with Crippen molar-refractivity contribution in [3.8, 4) is 22.8 Å². The average molecular weight is 448 g/mol. The number of Topliss-reactive ketones (excluding diaryl/α,β-unsaturated/α-hetero) is 1. The number of ether oxygens (including phenoxy) is 2. The molecular weight excluding hydrogens is 424 g/mol. The van der Waals surface area contributed by atoms with Gasteiger partial charge in [0.1, 0.15) is 23.3 Å². The Morgan fingerprint density at radius 3 is 2.94 bits per heavy atom. The van der Waals surface area contributed by atoms with Crippen LogP contribution in [0.3, 0.4) is 0 Å². The fraction of sp³-hybridized carbons (Fsp3) is 0.348. The van der Waals surface area contributed by atoms with Crippen LogP contribution < -0.4 is 5.73 Å². The molecule has 170 valence electrons. The molecule has 0 radical (unpaired) electrons. The Labute approximate surface area is 189 Å². The molecule has 1 aliphatic heterocycles. The normalized spacial score (nSPS) is 18.2. The van der Waals surface area contributed by atoms with E-state index in [4.69, 9.17) is 19.6 Å². The number of hydrogen-bond acceptors (Lipinski definition) is 9. The van der Waals surface area contributed by atoms with Gasteiger partial charge in [-0.05, 0) is 31.9 Å². The van der Waals surface area contributed by atoms with E-state index in [-0.39, 0.29) is 41.8 Å². The SMILES string of the molecule is COC1CCOC1CCC(=O)c1nc(-c2ccc3ncc(C)n3c2)c(-c2ncco2)nc1N. The van der Waals surface area contributed by atoms with Crippen LogP contribution in [0.2, 0.25) is 0 Å². The molecule has 0 aromatic carbocycles. The lowest BCUT2D eigenvalue weighted by Crippen LogP contribution is -2.24. The van der Waals surface area contributed by atoms with Crippen LogP contribution in [-0.2, 0) is 9.47 Å². The van der Waals surface area contributed by atoms with Gasteiger partial charge >= 0.3 is 0 Å². The molecule has 1 saturated heterocycles. The number of rotatable bonds is 7. The summed E-state index contributed by atoms with van der Waals surface area (Å²) in [6, 6.07) is 3.75. The van der Waals surface area contributed by atoms with Crippen LogP contribution in [0.4, 0.5) is 5.82 Å². The first-order valence-electron chi connectivity index (χ1n) is 10.7. The van der Waals surface area contributed by atoms with E-state index in [1.807, 2.05) is 29.7 Å². The third kappa shape index (κ3) is 3.98. The standard InChI is InChI=1S/C23H24N6O4/c1-13-11-26-18-6-3-14(12-29(13)18)19-21(23-25-8-10-33-23)28-22(24)20(27-19)15(30)4-5-17-16(31-2)7-9-32-17/h3,6,8,10-12,16-17H,4-5,7,9H2,1-2H3,(H2,24,28). The van der Waals surface area contributed by atoms with Crippen LogP contribution >= 0.6 is 0 Å². The van der Waals surface area contributed by atoms with Gasteiger partial charge in [-0.1, -0.05) is 0 Å². The van der Waals surface area contributed by atoms with E-state index in [0.717, 1.165) is 23.3 Å². The number of imidazole rings is 1. The van der Waals surface area contributed by atoms with Crippen molar-refractivity contribution in [1.82, 2.24) is 24.3 Å². The van der Waals surface area contributed by atoms with Gasteiger partial charge in [0.2, 0.25) is 5.89 Å². The molecule has 10 heteroatoms. The molecule has 2 N–H and O–H groups in total. The van der Waals surface area contributed by atoms with Gasteiger partial charge in [0, 0.05) is 43.8 Å². The Morgan fingerprint density at radius 1 is 1.27 bits per heavy atom. The van der Waals surface area contributed by atoms with E-state index in [2.05, 4.69) is 19.9 Å². The zero-order valence-electron chi connectivity index (χ0n) is 18.4. The Hall–Kier alpha value is -3.63. The zero-order chi connectivity index (χ0) is 22.9. The minimum Gasteiger partial charge on any atom is -0.443 e. The number of anilines is 1. The molecule has 10 nitrogen and oxygen atoms in total. The molecule has 4 aromatic heterocycles. The number of oxazole rings is 1. The van der Waals surface area contributed by atoms with Gasteiger partial charge in [0.15, 0.2) is 17.3 Å². The molecule has 0 saturated carbocycles. The number of nitrogens with two attached hydrogens (primary N) is 1. The van der Waals surface area contributed by atoms with E-state index >= 15 is 0 Å². The Kier molecular flexibility index (Phi) is 5.61. The number of pyridine rings is 1. The lowest BCUT2D eigenvalue weighted by atomic mass is 10.0. The summed E-state index contributed by atoms with van der Waals surface area (Å²) in [7, 11) is 1.66. The van der Waals surface area contributed by atoms with Crippen molar-refractivity contribution in [1.29, 1.82) is 0 Å². The number of aromatic nitrogens is 5. The highest BCUT2D eigenvalue weighted by Crippen LogP contribution is 2.31. The summed E-state index contributed by atoms with van der Waals surface area (Å²) >= 11 is 0. The maximum absolute atomic E-state index is 13.1. The first-order valence-corrected chi connectivity index (χ1v) is 10.7. The van der Waals surface area contributed by atoms with Crippen LogP contribution in [0.15, 0.2) is 41.4 Å². The van der Waals surface area contributed by atoms with Gasteiger partial charge in [0.25, 0.3) is 0 Å². The molecule has 33 heavy (non-hydrogen) atoms. The number of carbonyl (C=O) groups excluding carboxylic acids is 1. The fourth-order valence-electron chi connectivity index (χ4n) is 4.15. The molecule has 5 rings (SSSR count). The van der Waals surface area contributed by atoms with Gasteiger partial charge in [-0.3, -0.25) is 4.79 Å². The highest BCUT2D eigenvalue weighted by molar-refractivity contribution is 5.99. The number of ketones is 1. The summed E-state index contributed by atoms with van der Waals surface area (Å²) in [4.78, 5) is 30.8. The molecule has 2 atom stereocenters. The van der Waals surface area contributed by atoms with Gasteiger partial charge in [0.05, 0.1) is 18.4 Å². The van der Waals surface area contributed by atoms with E-state index in [0.29, 0.717) is 24.4 Å². The molecule has 0 amide bonds. The fourth-order valence-corrected chi connectivity index (χ4v) is 4.15. The highest BCUT2D eigenvalue weighted by Gasteiger charge is 2.29. The van der Waals surface area contributed by atoms with Gasteiger partial charge in [-0.15, -0.1) is 0 Å². The van der Waals surface area contributed by atoms with E-state index in [1.165, 1.54) is 12.5 Å². The topological polar surface area (TPSA) is 131 Å². The smallest absolute Gasteiger partial charge is 0.247 e. The van der Waals surface area contributed by atoms with Gasteiger partial charge in [-0.2, -0.15) is 0 Å². The minimum atomic E-state index is -0.203. The summed E-state index contributed by atoms with van der Waals surface area (Å²) in [6.07, 6.45) is 8.10. The molecule has 0 bridgehead atoms. The third-order valence-corrected chi connectivity index (χ3v) is 5.89. The molecule has 5 heterocycles. The molecule has 1 aliphatic rings. The van der Waals surface area contributed by atoms with Crippen LogP contribution in [0.5, 0.6) is 0 Å². The Bertz CT molecular complexity index is 1300. The number of methoxy groups -OCH3 is 1. The number of nitrogen functional groups attached to an aromatic ring is 1. The van der Waals surface area contributed by atoms with Crippen molar-refractivity contribution in [2.24, 2.45) is 0 Å². The van der Waals surface area contributed by atoms with Crippen LogP contribution in [-0.4, -0.2) is 56.0 Å². The summed E-state index contributed by atoms with van der Waals surface area (Å²) in [5, 5.41) is 0. The van der Waals surface area contributed by atoms with E-state index in [1.54, 1.807) is 13.3 Å². The largest absolute Gasteiger partial charge is 0.443 e. The van der Waals surface area contributed by atoms with Gasteiger partial charge < -0.3 is 24.0 Å². The number of carbonyl (C=O) groups is 1. The summed E-state index contributed by atoms with van der Waals surface area (Å²) in [5.41, 5.74) is 9.62. The van der Waals surface area contributed by atoms with E-state index in [9.17, 15) is 4.79 Å². The predicted octanol–water partition coefficient (Wildman–Crippen LogP) is 3.10. The van der Waals surface area contributed by atoms with Crippen molar-refractivity contribution in [3.05, 3.63) is 48.4 Å². The summed E-state index contributed by atoms with van der Waals surface area (Å²) in [6.45, 7) is 2.59. The number of nitrogens with zero attached hydrogens (tertiary/aromatic N) is 5. The van der Waals surface area contributed by atoms with Crippen molar-refractivity contribution < 1.29 is 18.7 Å². The maximum atomic E-state index is 13.1. The lowest BCUT2D eigenvalue weighted by molar-refractivity contribution is 0.0110. The van der Waals surface area contributed by atoms with Crippen LogP contribution in [0, 0.1) is 6.92 Å². The average Bonchev–Trinajstić information content (AvgIpc) is 3.58. The van der Waals surface area contributed by atoms with Crippen molar-refractivity contribution in [2.75, 3.05) is 19.5 Å². The number of hydrogen-bond donors (Lipinski definition) is 1. The van der Waals surface area contributed by atoms with Crippen LogP contribution in [0.25, 0.3) is 28.5 Å². The van der Waals surface area contributed by atoms with Crippen molar-refractivity contribution >= 4 is 17.2 Å².